The van der Waals surface area contributed by atoms with E-state index < -0.39 is 5.67 Å². The van der Waals surface area contributed by atoms with Crippen molar-refractivity contribution in [1.29, 1.82) is 0 Å². The zero-order chi connectivity index (χ0) is 18.5. The summed E-state index contributed by atoms with van der Waals surface area (Å²) in [4.78, 5) is 15.4. The van der Waals surface area contributed by atoms with Gasteiger partial charge in [0.25, 0.3) is 0 Å². The number of carbonyl (C=O) groups excluding carboxylic acids is 1. The Morgan fingerprint density at radius 3 is 2.62 bits per heavy atom. The van der Waals surface area contributed by atoms with Gasteiger partial charge in [0.1, 0.15) is 5.67 Å². The van der Waals surface area contributed by atoms with Crippen molar-refractivity contribution < 1.29 is 13.6 Å². The molecule has 1 aliphatic carbocycles. The maximum atomic E-state index is 13.8. The summed E-state index contributed by atoms with van der Waals surface area (Å²) in [6, 6.07) is 5.73. The molecule has 3 nitrogen and oxygen atoms in total. The minimum atomic E-state index is -1.28. The number of aryl methyl sites for hydroxylation is 2. The van der Waals surface area contributed by atoms with Crippen LogP contribution in [0.2, 0.25) is 0 Å². The van der Waals surface area contributed by atoms with E-state index in [0.717, 1.165) is 45.9 Å². The van der Waals surface area contributed by atoms with Crippen molar-refractivity contribution in [3.05, 3.63) is 44.9 Å². The summed E-state index contributed by atoms with van der Waals surface area (Å²) in [6.07, 6.45) is 1.74. The fraction of sp³-hybridized carbons (Fsp3) is 0.450. The number of benzene rings is 1. The number of rotatable bonds is 4. The Morgan fingerprint density at radius 1 is 1.27 bits per heavy atom. The van der Waals surface area contributed by atoms with Crippen LogP contribution in [-0.2, 0) is 17.8 Å². The zero-order valence-corrected chi connectivity index (χ0v) is 15.8. The Balaban J connectivity index is 1.51. The monoisotopic (exact) mass is 376 g/mol. The van der Waals surface area contributed by atoms with Gasteiger partial charge in [-0.15, -0.1) is 11.3 Å². The van der Waals surface area contributed by atoms with Crippen LogP contribution < -0.4 is 10.2 Å². The first-order chi connectivity index (χ1) is 12.3. The minimum absolute atomic E-state index is 0.0630. The zero-order valence-electron chi connectivity index (χ0n) is 15.0. The second-order valence-corrected chi connectivity index (χ2v) is 8.59. The van der Waals surface area contributed by atoms with E-state index in [0.29, 0.717) is 19.4 Å². The molecule has 1 amide bonds. The van der Waals surface area contributed by atoms with Crippen molar-refractivity contribution >= 4 is 28.6 Å². The van der Waals surface area contributed by atoms with Crippen LogP contribution in [0.25, 0.3) is 0 Å². The summed E-state index contributed by atoms with van der Waals surface area (Å²) in [5.41, 5.74) is 3.58. The fourth-order valence-electron chi connectivity index (χ4n) is 3.61. The predicted molar refractivity (Wildman–Crippen MR) is 101 cm³/mol. The fourth-order valence-corrected chi connectivity index (χ4v) is 4.56. The van der Waals surface area contributed by atoms with Crippen molar-refractivity contribution in [3.8, 4) is 0 Å². The van der Waals surface area contributed by atoms with E-state index >= 15 is 0 Å². The number of hydrogen-bond acceptors (Lipinski definition) is 3. The number of fused-ring (bicyclic) bond motifs is 1. The third-order valence-corrected chi connectivity index (χ3v) is 6.22. The molecule has 1 aliphatic heterocycles. The quantitative estimate of drug-likeness (QED) is 0.823. The standard InChI is InChI=1S/C20H22F2N2OS/c1-12-7-15(24-6-3-14-9-17(21)26-16(14)11-24)8-13(2)19(12)23-18(25)10-20(22)4-5-20/h7-9H,3-6,10-11H2,1-2H3,(H,23,25). The third-order valence-electron chi connectivity index (χ3n) is 5.27. The highest BCUT2D eigenvalue weighted by atomic mass is 32.1. The number of thiophene rings is 1. The third kappa shape index (κ3) is 3.47. The SMILES string of the molecule is Cc1cc(N2CCc3cc(F)sc3C2)cc(C)c1NC(=O)CC1(F)CC1. The van der Waals surface area contributed by atoms with Crippen LogP contribution in [0.3, 0.4) is 0 Å². The second-order valence-electron chi connectivity index (χ2n) is 7.50. The molecular formula is C20H22F2N2OS. The van der Waals surface area contributed by atoms with E-state index in [1.165, 1.54) is 11.3 Å². The summed E-state index contributed by atoms with van der Waals surface area (Å²) in [7, 11) is 0. The van der Waals surface area contributed by atoms with Gasteiger partial charge >= 0.3 is 0 Å². The number of amides is 1. The molecule has 2 heterocycles. The average molecular weight is 376 g/mol. The largest absolute Gasteiger partial charge is 0.366 e. The molecule has 0 bridgehead atoms. The number of alkyl halides is 1. The first-order valence-corrected chi connectivity index (χ1v) is 9.77. The number of carbonyl (C=O) groups is 1. The van der Waals surface area contributed by atoms with Crippen LogP contribution in [-0.4, -0.2) is 18.1 Å². The van der Waals surface area contributed by atoms with E-state index in [4.69, 9.17) is 0 Å². The van der Waals surface area contributed by atoms with Crippen molar-refractivity contribution in [2.24, 2.45) is 0 Å². The number of anilines is 2. The van der Waals surface area contributed by atoms with Gasteiger partial charge in [-0.25, -0.2) is 4.39 Å². The normalized spacial score (nSPS) is 17.8. The molecule has 138 valence electrons. The number of hydrogen-bond donors (Lipinski definition) is 1. The van der Waals surface area contributed by atoms with Gasteiger partial charge in [-0.05, 0) is 68.0 Å². The summed E-state index contributed by atoms with van der Waals surface area (Å²) in [5.74, 6) is -0.263. The molecule has 2 aromatic rings. The molecule has 6 heteroatoms. The maximum Gasteiger partial charge on any atom is 0.227 e. The Hall–Kier alpha value is -1.95. The van der Waals surface area contributed by atoms with Gasteiger partial charge in [0.2, 0.25) is 5.91 Å². The molecule has 26 heavy (non-hydrogen) atoms. The molecule has 0 spiro atoms. The highest BCUT2D eigenvalue weighted by Crippen LogP contribution is 2.43. The van der Waals surface area contributed by atoms with Crippen LogP contribution >= 0.6 is 11.3 Å². The Morgan fingerprint density at radius 2 is 1.96 bits per heavy atom. The summed E-state index contributed by atoms with van der Waals surface area (Å²) >= 11 is 1.22. The van der Waals surface area contributed by atoms with Gasteiger partial charge in [0.15, 0.2) is 5.13 Å². The highest BCUT2D eigenvalue weighted by Gasteiger charge is 2.44. The van der Waals surface area contributed by atoms with E-state index in [9.17, 15) is 13.6 Å². The average Bonchev–Trinajstić information content (AvgIpc) is 3.16. The van der Waals surface area contributed by atoms with Gasteiger partial charge < -0.3 is 10.2 Å². The number of nitrogens with zero attached hydrogens (tertiary/aromatic N) is 1. The lowest BCUT2D eigenvalue weighted by Crippen LogP contribution is -2.29. The predicted octanol–water partition coefficient (Wildman–Crippen LogP) is 4.90. The molecule has 2 aliphatic rings. The lowest BCUT2D eigenvalue weighted by molar-refractivity contribution is -0.117. The molecule has 1 aromatic heterocycles. The van der Waals surface area contributed by atoms with Crippen LogP contribution in [0, 0.1) is 19.0 Å². The minimum Gasteiger partial charge on any atom is -0.366 e. The summed E-state index contributed by atoms with van der Waals surface area (Å²) in [6.45, 7) is 5.46. The summed E-state index contributed by atoms with van der Waals surface area (Å²) < 4.78 is 27.3. The van der Waals surface area contributed by atoms with E-state index in [2.05, 4.69) is 10.2 Å². The molecular weight excluding hydrogens is 354 g/mol. The second kappa shape index (κ2) is 6.34. The summed E-state index contributed by atoms with van der Waals surface area (Å²) in [5, 5.41) is 2.76. The van der Waals surface area contributed by atoms with Gasteiger partial charge in [-0.2, -0.15) is 4.39 Å². The van der Waals surface area contributed by atoms with E-state index in [1.807, 2.05) is 26.0 Å². The first kappa shape index (κ1) is 17.5. The van der Waals surface area contributed by atoms with Crippen molar-refractivity contribution in [1.82, 2.24) is 0 Å². The Kier molecular flexibility index (Phi) is 4.26. The van der Waals surface area contributed by atoms with Gasteiger partial charge in [-0.1, -0.05) is 0 Å². The number of nitrogens with one attached hydrogen (secondary N) is 1. The van der Waals surface area contributed by atoms with Crippen LogP contribution in [0.4, 0.5) is 20.2 Å². The molecule has 4 rings (SSSR count). The molecule has 0 saturated heterocycles. The molecule has 1 N–H and O–H groups in total. The smallest absolute Gasteiger partial charge is 0.227 e. The first-order valence-electron chi connectivity index (χ1n) is 8.95. The maximum absolute atomic E-state index is 13.8. The molecule has 1 saturated carbocycles. The topological polar surface area (TPSA) is 32.3 Å². The number of halogens is 2. The lowest BCUT2D eigenvalue weighted by atomic mass is 10.0. The Bertz CT molecular complexity index is 850. The lowest BCUT2D eigenvalue weighted by Gasteiger charge is -2.30. The van der Waals surface area contributed by atoms with Gasteiger partial charge in [0.05, 0.1) is 13.0 Å². The molecule has 0 unspecified atom stereocenters. The van der Waals surface area contributed by atoms with Crippen molar-refractivity contribution in [2.75, 3.05) is 16.8 Å². The van der Waals surface area contributed by atoms with Crippen LogP contribution in [0.1, 0.15) is 40.8 Å². The molecule has 0 radical (unpaired) electrons. The van der Waals surface area contributed by atoms with Gasteiger partial charge in [-0.3, -0.25) is 4.79 Å². The van der Waals surface area contributed by atoms with E-state index in [-0.39, 0.29) is 17.5 Å². The van der Waals surface area contributed by atoms with Crippen LogP contribution in [0.5, 0.6) is 0 Å². The molecule has 0 atom stereocenters. The van der Waals surface area contributed by atoms with Crippen molar-refractivity contribution in [2.45, 2.75) is 51.7 Å². The van der Waals surface area contributed by atoms with E-state index in [1.54, 1.807) is 6.07 Å². The highest BCUT2D eigenvalue weighted by molar-refractivity contribution is 7.10. The molecule has 1 fully saturated rings. The molecule has 1 aromatic carbocycles. The Labute approximate surface area is 156 Å². The van der Waals surface area contributed by atoms with Crippen molar-refractivity contribution in [3.63, 3.8) is 0 Å². The van der Waals surface area contributed by atoms with Gasteiger partial charge in [0, 0.05) is 22.8 Å². The van der Waals surface area contributed by atoms with Crippen LogP contribution in [0.15, 0.2) is 18.2 Å².